The largest absolute Gasteiger partial charge is 0.530 e. The minimum atomic E-state index is -1.18. The smallest absolute Gasteiger partial charge is 0.136 e. The Bertz CT molecular complexity index is 605. The lowest BCUT2D eigenvalue weighted by molar-refractivity contribution is -0.263. The maximum Gasteiger partial charge on any atom is 0.136 e. The van der Waals surface area contributed by atoms with Gasteiger partial charge in [-0.25, -0.2) is 0 Å². The number of carboxylic acid groups (broad SMARTS) is 1. The number of rotatable bonds is 4. The molecule has 0 radical (unpaired) electrons. The number of hydrogen-bond donors (Lipinski definition) is 0. The van der Waals surface area contributed by atoms with Crippen LogP contribution in [0.3, 0.4) is 0 Å². The normalized spacial score (nSPS) is 10.7. The summed E-state index contributed by atoms with van der Waals surface area (Å²) in [5.41, 5.74) is 3.33. The van der Waals surface area contributed by atoms with Gasteiger partial charge in [0.2, 0.25) is 0 Å². The van der Waals surface area contributed by atoms with Gasteiger partial charge in [0, 0.05) is 13.6 Å². The van der Waals surface area contributed by atoms with Crippen molar-refractivity contribution < 1.29 is 9.90 Å². The Morgan fingerprint density at radius 1 is 1.10 bits per heavy atom. The molecule has 2 aromatic rings. The minimum absolute atomic E-state index is 0.311. The van der Waals surface area contributed by atoms with E-state index in [0.29, 0.717) is 6.54 Å². The van der Waals surface area contributed by atoms with Crippen LogP contribution in [0.1, 0.15) is 5.56 Å². The molecule has 102 valence electrons. The van der Waals surface area contributed by atoms with Crippen LogP contribution in [0.15, 0.2) is 60.7 Å². The van der Waals surface area contributed by atoms with E-state index in [1.54, 1.807) is 0 Å². The Balaban J connectivity index is 2.21. The van der Waals surface area contributed by atoms with Gasteiger partial charge >= 0.3 is 0 Å². The van der Waals surface area contributed by atoms with Gasteiger partial charge in [0.1, 0.15) is 6.09 Å². The van der Waals surface area contributed by atoms with Gasteiger partial charge in [-0.3, -0.25) is 0 Å². The number of amides is 1. The highest BCUT2D eigenvalue weighted by Gasteiger charge is 2.01. The zero-order chi connectivity index (χ0) is 14.4. The van der Waals surface area contributed by atoms with Gasteiger partial charge in [0.15, 0.2) is 0 Å². The molecule has 1 amide bonds. The van der Waals surface area contributed by atoms with Crippen molar-refractivity contribution in [3.63, 3.8) is 0 Å². The molecule has 0 bridgehead atoms. The summed E-state index contributed by atoms with van der Waals surface area (Å²) in [7, 11) is 1.49. The van der Waals surface area contributed by atoms with Gasteiger partial charge in [-0.1, -0.05) is 66.7 Å². The van der Waals surface area contributed by atoms with Gasteiger partial charge in [-0.15, -0.1) is 0 Å². The van der Waals surface area contributed by atoms with Crippen molar-refractivity contribution in [1.29, 1.82) is 0 Å². The Kier molecular flexibility index (Phi) is 4.56. The van der Waals surface area contributed by atoms with Crippen LogP contribution in [-0.4, -0.2) is 24.6 Å². The number of benzene rings is 2. The van der Waals surface area contributed by atoms with E-state index in [1.807, 2.05) is 48.6 Å². The van der Waals surface area contributed by atoms with Gasteiger partial charge < -0.3 is 14.8 Å². The lowest BCUT2D eigenvalue weighted by Gasteiger charge is -2.16. The summed E-state index contributed by atoms with van der Waals surface area (Å²) in [6, 6.07) is 18.1. The summed E-state index contributed by atoms with van der Waals surface area (Å²) < 4.78 is 0. The summed E-state index contributed by atoms with van der Waals surface area (Å²) in [5, 5.41) is 10.6. The van der Waals surface area contributed by atoms with Crippen molar-refractivity contribution in [2.75, 3.05) is 13.6 Å². The molecule has 0 unspecified atom stereocenters. The number of carbonyl (C=O) groups is 1. The van der Waals surface area contributed by atoms with Crippen molar-refractivity contribution in [3.05, 3.63) is 66.2 Å². The third kappa shape index (κ3) is 3.48. The minimum Gasteiger partial charge on any atom is -0.530 e. The molecule has 3 nitrogen and oxygen atoms in total. The van der Waals surface area contributed by atoms with E-state index in [2.05, 4.69) is 18.2 Å². The molecule has 0 saturated carbocycles. The SMILES string of the molecule is CN(C/C=C/c1ccccc1-c1ccccc1)C(=O)[O-]. The molecule has 0 aromatic heterocycles. The number of carbonyl (C=O) groups excluding carboxylic acids is 1. The summed E-state index contributed by atoms with van der Waals surface area (Å²) in [6.45, 7) is 0.311. The van der Waals surface area contributed by atoms with Crippen LogP contribution in [0, 0.1) is 0 Å². The highest BCUT2D eigenvalue weighted by atomic mass is 16.4. The first-order valence-electron chi connectivity index (χ1n) is 6.41. The third-order valence-electron chi connectivity index (χ3n) is 3.03. The summed E-state index contributed by atoms with van der Waals surface area (Å²) in [6.07, 6.45) is 2.57. The summed E-state index contributed by atoms with van der Waals surface area (Å²) in [5.74, 6) is 0. The highest BCUT2D eigenvalue weighted by Crippen LogP contribution is 2.24. The van der Waals surface area contributed by atoms with E-state index in [0.717, 1.165) is 21.6 Å². The molecule has 0 aliphatic heterocycles. The second kappa shape index (κ2) is 6.57. The van der Waals surface area contributed by atoms with Crippen molar-refractivity contribution in [1.82, 2.24) is 4.90 Å². The number of nitrogens with zero attached hydrogens (tertiary/aromatic N) is 1. The van der Waals surface area contributed by atoms with Gasteiger partial charge in [0.25, 0.3) is 0 Å². The van der Waals surface area contributed by atoms with Gasteiger partial charge in [-0.05, 0) is 16.7 Å². The van der Waals surface area contributed by atoms with Crippen molar-refractivity contribution in [2.24, 2.45) is 0 Å². The maximum atomic E-state index is 10.6. The lowest BCUT2D eigenvalue weighted by atomic mass is 9.99. The Hall–Kier alpha value is -2.55. The van der Waals surface area contributed by atoms with Crippen LogP contribution >= 0.6 is 0 Å². The molecule has 2 rings (SSSR count). The molecular formula is C17H16NO2-. The Morgan fingerprint density at radius 2 is 1.75 bits per heavy atom. The van der Waals surface area contributed by atoms with Crippen LogP contribution in [0.4, 0.5) is 4.79 Å². The molecule has 20 heavy (non-hydrogen) atoms. The van der Waals surface area contributed by atoms with E-state index < -0.39 is 6.09 Å². The van der Waals surface area contributed by atoms with E-state index in [4.69, 9.17) is 0 Å². The molecule has 0 atom stereocenters. The molecule has 0 N–H and O–H groups in total. The molecular weight excluding hydrogens is 250 g/mol. The van der Waals surface area contributed by atoms with Crippen LogP contribution < -0.4 is 5.11 Å². The lowest BCUT2D eigenvalue weighted by Crippen LogP contribution is -2.38. The molecule has 0 aliphatic carbocycles. The van der Waals surface area contributed by atoms with Crippen molar-refractivity contribution in [3.8, 4) is 11.1 Å². The fourth-order valence-electron chi connectivity index (χ4n) is 1.94. The number of hydrogen-bond acceptors (Lipinski definition) is 2. The monoisotopic (exact) mass is 266 g/mol. The first-order chi connectivity index (χ1) is 9.68. The van der Waals surface area contributed by atoms with Crippen molar-refractivity contribution in [2.45, 2.75) is 0 Å². The maximum absolute atomic E-state index is 10.6. The second-order valence-corrected chi connectivity index (χ2v) is 4.50. The van der Waals surface area contributed by atoms with Crippen LogP contribution in [-0.2, 0) is 0 Å². The predicted molar refractivity (Wildman–Crippen MR) is 78.9 cm³/mol. The highest BCUT2D eigenvalue weighted by molar-refractivity contribution is 5.75. The Labute approximate surface area is 118 Å². The van der Waals surface area contributed by atoms with Crippen LogP contribution in [0.25, 0.3) is 17.2 Å². The summed E-state index contributed by atoms with van der Waals surface area (Å²) >= 11 is 0. The molecule has 0 spiro atoms. The van der Waals surface area contributed by atoms with E-state index in [1.165, 1.54) is 7.05 Å². The summed E-state index contributed by atoms with van der Waals surface area (Å²) in [4.78, 5) is 11.7. The average molecular weight is 266 g/mol. The van der Waals surface area contributed by atoms with Crippen molar-refractivity contribution >= 4 is 12.2 Å². The third-order valence-corrected chi connectivity index (χ3v) is 3.03. The average Bonchev–Trinajstić information content (AvgIpc) is 2.48. The number of likely N-dealkylation sites (N-methyl/N-ethyl adjacent to an activating group) is 1. The van der Waals surface area contributed by atoms with Gasteiger partial charge in [0.05, 0.1) is 0 Å². The molecule has 3 heteroatoms. The molecule has 2 aromatic carbocycles. The van der Waals surface area contributed by atoms with E-state index >= 15 is 0 Å². The molecule has 0 heterocycles. The zero-order valence-electron chi connectivity index (χ0n) is 11.3. The van der Waals surface area contributed by atoms with Crippen LogP contribution in [0.5, 0.6) is 0 Å². The first kappa shape index (κ1) is 13.9. The molecule has 0 aliphatic rings. The topological polar surface area (TPSA) is 43.4 Å². The quantitative estimate of drug-likeness (QED) is 0.853. The first-order valence-corrected chi connectivity index (χ1v) is 6.41. The fraction of sp³-hybridized carbons (Fsp3) is 0.118. The molecule has 0 fully saturated rings. The second-order valence-electron chi connectivity index (χ2n) is 4.50. The van der Waals surface area contributed by atoms with Crippen LogP contribution in [0.2, 0.25) is 0 Å². The molecule has 0 saturated heterocycles. The van der Waals surface area contributed by atoms with E-state index in [9.17, 15) is 9.90 Å². The predicted octanol–water partition coefficient (Wildman–Crippen LogP) is 2.64. The van der Waals surface area contributed by atoms with Gasteiger partial charge in [-0.2, -0.15) is 0 Å². The Morgan fingerprint density at radius 3 is 2.45 bits per heavy atom. The standard InChI is InChI=1S/C17H17NO2/c1-18(17(19)20)13-7-11-15-10-5-6-12-16(15)14-8-3-2-4-9-14/h2-12H,13H2,1H3,(H,19,20)/p-1/b11-7+. The fourth-order valence-corrected chi connectivity index (χ4v) is 1.94. The van der Waals surface area contributed by atoms with E-state index in [-0.39, 0.29) is 0 Å². The zero-order valence-corrected chi connectivity index (χ0v) is 11.3.